The van der Waals surface area contributed by atoms with Gasteiger partial charge in [0.05, 0.1) is 0 Å². The third kappa shape index (κ3) is 3.12. The highest BCUT2D eigenvalue weighted by Gasteiger charge is 2.29. The van der Waals surface area contributed by atoms with Crippen molar-refractivity contribution in [3.63, 3.8) is 0 Å². The molecule has 1 aromatic carbocycles. The summed E-state index contributed by atoms with van der Waals surface area (Å²) >= 11 is 3.46. The van der Waals surface area contributed by atoms with Crippen LogP contribution in [0.2, 0.25) is 0 Å². The number of halogens is 1. The minimum absolute atomic E-state index is 0.236. The first-order valence-corrected chi connectivity index (χ1v) is 7.32. The molecule has 4 heteroatoms. The summed E-state index contributed by atoms with van der Waals surface area (Å²) in [5.74, 6) is 0.679. The van der Waals surface area contributed by atoms with E-state index in [9.17, 15) is 4.79 Å². The molecule has 0 spiro atoms. The summed E-state index contributed by atoms with van der Waals surface area (Å²) in [6.45, 7) is 1.76. The van der Waals surface area contributed by atoms with E-state index in [-0.39, 0.29) is 5.91 Å². The Bertz CT molecular complexity index is 416. The van der Waals surface area contributed by atoms with Crippen LogP contribution in [0.25, 0.3) is 0 Å². The molecule has 1 aromatic rings. The van der Waals surface area contributed by atoms with Gasteiger partial charge in [-0.2, -0.15) is 0 Å². The van der Waals surface area contributed by atoms with Crippen molar-refractivity contribution in [2.45, 2.75) is 13.0 Å². The molecule has 1 aliphatic heterocycles. The Morgan fingerprint density at radius 2 is 2.00 bits per heavy atom. The maximum atomic E-state index is 11.9. The summed E-state index contributed by atoms with van der Waals surface area (Å²) < 4.78 is 0. The summed E-state index contributed by atoms with van der Waals surface area (Å²) in [5, 5.41) is 0.897. The van der Waals surface area contributed by atoms with Gasteiger partial charge in [-0.3, -0.25) is 4.79 Å². The number of carbonyl (C=O) groups excluding carboxylic acids is 1. The second-order valence-electron chi connectivity index (χ2n) is 5.13. The van der Waals surface area contributed by atoms with Gasteiger partial charge in [0.25, 0.3) is 0 Å². The third-order valence-corrected chi connectivity index (χ3v) is 4.09. The molecule has 0 N–H and O–H groups in total. The van der Waals surface area contributed by atoms with Gasteiger partial charge in [0.2, 0.25) is 5.91 Å². The van der Waals surface area contributed by atoms with Gasteiger partial charge in [0, 0.05) is 30.5 Å². The number of anilines is 1. The molecular formula is C14H19BrN2O. The minimum Gasteiger partial charge on any atom is -0.312 e. The van der Waals surface area contributed by atoms with Crippen LogP contribution < -0.4 is 4.90 Å². The Hall–Kier alpha value is -0.870. The molecule has 1 amide bonds. The number of alkyl halides is 1. The van der Waals surface area contributed by atoms with E-state index in [2.05, 4.69) is 47.1 Å². The van der Waals surface area contributed by atoms with E-state index in [4.69, 9.17) is 0 Å². The quantitative estimate of drug-likeness (QED) is 0.798. The van der Waals surface area contributed by atoms with Crippen LogP contribution in [-0.4, -0.2) is 36.8 Å². The van der Waals surface area contributed by atoms with Gasteiger partial charge in [0.15, 0.2) is 0 Å². The highest BCUT2D eigenvalue weighted by Crippen LogP contribution is 2.26. The van der Waals surface area contributed by atoms with Crippen LogP contribution in [0.3, 0.4) is 0 Å². The van der Waals surface area contributed by atoms with Crippen LogP contribution in [0.5, 0.6) is 0 Å². The maximum Gasteiger partial charge on any atom is 0.227 e. The molecule has 0 saturated carbocycles. The average Bonchev–Trinajstić information content (AvgIpc) is 2.71. The van der Waals surface area contributed by atoms with E-state index in [0.717, 1.165) is 24.1 Å². The van der Waals surface area contributed by atoms with E-state index in [1.54, 1.807) is 0 Å². The zero-order valence-corrected chi connectivity index (χ0v) is 12.5. The molecule has 0 radical (unpaired) electrons. The molecule has 3 nitrogen and oxygen atoms in total. The number of benzene rings is 1. The number of amides is 1. The van der Waals surface area contributed by atoms with Crippen molar-refractivity contribution < 1.29 is 4.79 Å². The Morgan fingerprint density at radius 1 is 1.33 bits per heavy atom. The standard InChI is InChI=1S/C14H19BrN2O/c1-16(2)9-11-3-5-13(6-4-11)17-10-12(8-15)7-14(17)18/h3-6,12H,7-10H2,1-2H3. The van der Waals surface area contributed by atoms with Gasteiger partial charge >= 0.3 is 0 Å². The Balaban J connectivity index is 2.08. The lowest BCUT2D eigenvalue weighted by Crippen LogP contribution is -2.24. The first kappa shape index (κ1) is 13.6. The van der Waals surface area contributed by atoms with E-state index in [1.165, 1.54) is 5.56 Å². The van der Waals surface area contributed by atoms with E-state index >= 15 is 0 Å². The van der Waals surface area contributed by atoms with Crippen molar-refractivity contribution in [1.29, 1.82) is 0 Å². The molecular weight excluding hydrogens is 292 g/mol. The van der Waals surface area contributed by atoms with Crippen LogP contribution in [0, 0.1) is 5.92 Å². The molecule has 0 aliphatic carbocycles. The number of hydrogen-bond donors (Lipinski definition) is 0. The number of hydrogen-bond acceptors (Lipinski definition) is 2. The fourth-order valence-electron chi connectivity index (χ4n) is 2.28. The van der Waals surface area contributed by atoms with E-state index in [1.807, 2.05) is 17.0 Å². The fourth-order valence-corrected chi connectivity index (χ4v) is 2.71. The van der Waals surface area contributed by atoms with Crippen molar-refractivity contribution >= 4 is 27.5 Å². The molecule has 2 rings (SSSR count). The summed E-state index contributed by atoms with van der Waals surface area (Å²) in [4.78, 5) is 15.9. The molecule has 0 aromatic heterocycles. The van der Waals surface area contributed by atoms with Crippen molar-refractivity contribution in [3.05, 3.63) is 29.8 Å². The minimum atomic E-state index is 0.236. The van der Waals surface area contributed by atoms with Gasteiger partial charge in [-0.15, -0.1) is 0 Å². The number of carbonyl (C=O) groups is 1. The molecule has 0 bridgehead atoms. The number of rotatable bonds is 4. The zero-order valence-electron chi connectivity index (χ0n) is 10.9. The fraction of sp³-hybridized carbons (Fsp3) is 0.500. The first-order chi connectivity index (χ1) is 8.60. The maximum absolute atomic E-state index is 11.9. The number of nitrogens with zero attached hydrogens (tertiary/aromatic N) is 2. The lowest BCUT2D eigenvalue weighted by Gasteiger charge is -2.17. The third-order valence-electron chi connectivity index (χ3n) is 3.17. The SMILES string of the molecule is CN(C)Cc1ccc(N2CC(CBr)CC2=O)cc1. The second-order valence-corrected chi connectivity index (χ2v) is 5.78. The molecule has 1 unspecified atom stereocenters. The Labute approximate surface area is 117 Å². The highest BCUT2D eigenvalue weighted by atomic mass is 79.9. The Morgan fingerprint density at radius 3 is 2.50 bits per heavy atom. The van der Waals surface area contributed by atoms with Crippen LogP contribution in [0.15, 0.2) is 24.3 Å². The van der Waals surface area contributed by atoms with Gasteiger partial charge < -0.3 is 9.80 Å². The monoisotopic (exact) mass is 310 g/mol. The van der Waals surface area contributed by atoms with Crippen LogP contribution in [0.4, 0.5) is 5.69 Å². The molecule has 1 fully saturated rings. The van der Waals surface area contributed by atoms with Crippen molar-refractivity contribution in [1.82, 2.24) is 4.90 Å². The van der Waals surface area contributed by atoms with Crippen molar-refractivity contribution in [2.75, 3.05) is 30.9 Å². The van der Waals surface area contributed by atoms with Crippen LogP contribution in [0.1, 0.15) is 12.0 Å². The summed E-state index contributed by atoms with van der Waals surface area (Å²) in [6.07, 6.45) is 0.657. The lowest BCUT2D eigenvalue weighted by molar-refractivity contribution is -0.117. The van der Waals surface area contributed by atoms with Crippen molar-refractivity contribution in [2.24, 2.45) is 5.92 Å². The summed E-state index contributed by atoms with van der Waals surface area (Å²) in [6, 6.07) is 8.30. The van der Waals surface area contributed by atoms with Gasteiger partial charge in [-0.1, -0.05) is 28.1 Å². The lowest BCUT2D eigenvalue weighted by atomic mass is 10.1. The van der Waals surface area contributed by atoms with Gasteiger partial charge in [-0.05, 0) is 37.7 Å². The smallest absolute Gasteiger partial charge is 0.227 e. The molecule has 1 aliphatic rings. The first-order valence-electron chi connectivity index (χ1n) is 6.20. The predicted molar refractivity (Wildman–Crippen MR) is 78.1 cm³/mol. The largest absolute Gasteiger partial charge is 0.312 e. The Kier molecular flexibility index (Phi) is 4.40. The molecule has 1 atom stereocenters. The summed E-state index contributed by atoms with van der Waals surface area (Å²) in [7, 11) is 4.11. The molecule has 1 saturated heterocycles. The normalized spacial score (nSPS) is 19.9. The average molecular weight is 311 g/mol. The van der Waals surface area contributed by atoms with Gasteiger partial charge in [0.1, 0.15) is 0 Å². The molecule has 18 heavy (non-hydrogen) atoms. The zero-order chi connectivity index (χ0) is 13.1. The predicted octanol–water partition coefficient (Wildman–Crippen LogP) is 2.50. The van der Waals surface area contributed by atoms with Crippen molar-refractivity contribution in [3.8, 4) is 0 Å². The molecule has 98 valence electrons. The van der Waals surface area contributed by atoms with E-state index < -0.39 is 0 Å². The van der Waals surface area contributed by atoms with E-state index in [0.29, 0.717) is 12.3 Å². The van der Waals surface area contributed by atoms with Gasteiger partial charge in [-0.25, -0.2) is 0 Å². The topological polar surface area (TPSA) is 23.6 Å². The van der Waals surface area contributed by atoms with Crippen LogP contribution in [-0.2, 0) is 11.3 Å². The molecule has 1 heterocycles. The highest BCUT2D eigenvalue weighted by molar-refractivity contribution is 9.09. The summed E-state index contributed by atoms with van der Waals surface area (Å²) in [5.41, 5.74) is 2.29. The second kappa shape index (κ2) is 5.85. The van der Waals surface area contributed by atoms with Crippen LogP contribution >= 0.6 is 15.9 Å².